The van der Waals surface area contributed by atoms with Crippen molar-refractivity contribution in [3.05, 3.63) is 56.2 Å². The molecule has 1 N–H and O–H groups in total. The molecule has 1 atom stereocenters. The van der Waals surface area contributed by atoms with E-state index < -0.39 is 0 Å². The van der Waals surface area contributed by atoms with Crippen LogP contribution in [0.1, 0.15) is 36.1 Å². The van der Waals surface area contributed by atoms with E-state index in [1.807, 2.05) is 0 Å². The number of hydrogen-bond donors (Lipinski definition) is 1. The van der Waals surface area contributed by atoms with Gasteiger partial charge >= 0.3 is 0 Å². The highest BCUT2D eigenvalue weighted by atomic mass is 79.9. The second-order valence-electron chi connectivity index (χ2n) is 4.85. The van der Waals surface area contributed by atoms with Crippen LogP contribution in [-0.2, 0) is 6.42 Å². The quantitative estimate of drug-likeness (QED) is 0.772. The lowest BCUT2D eigenvalue weighted by Crippen LogP contribution is -2.24. The van der Waals surface area contributed by atoms with Crippen molar-refractivity contribution in [2.75, 3.05) is 6.54 Å². The third kappa shape index (κ3) is 4.16. The van der Waals surface area contributed by atoms with Crippen molar-refractivity contribution >= 4 is 27.3 Å². The standard InChI is InChI=1S/C16H20BrNS/c1-3-8-18-16(15-11-19-10-12(15)2)9-13-4-6-14(17)7-5-13/h4-7,10-11,16,18H,3,8-9H2,1-2H3. The molecule has 1 unspecified atom stereocenters. The molecule has 3 heteroatoms. The van der Waals surface area contributed by atoms with E-state index in [0.717, 1.165) is 17.4 Å². The Hall–Kier alpha value is -0.640. The Morgan fingerprint density at radius 2 is 1.95 bits per heavy atom. The van der Waals surface area contributed by atoms with Crippen LogP contribution in [0, 0.1) is 6.92 Å². The summed E-state index contributed by atoms with van der Waals surface area (Å²) in [5.74, 6) is 0. The molecule has 0 saturated carbocycles. The first-order valence-electron chi connectivity index (χ1n) is 6.71. The van der Waals surface area contributed by atoms with E-state index in [4.69, 9.17) is 0 Å². The summed E-state index contributed by atoms with van der Waals surface area (Å²) in [6.07, 6.45) is 2.21. The van der Waals surface area contributed by atoms with E-state index in [1.165, 1.54) is 23.1 Å². The molecule has 19 heavy (non-hydrogen) atoms. The lowest BCUT2D eigenvalue weighted by molar-refractivity contribution is 0.528. The summed E-state index contributed by atoms with van der Waals surface area (Å²) in [6.45, 7) is 5.48. The number of aryl methyl sites for hydroxylation is 1. The molecule has 0 fully saturated rings. The molecule has 1 aromatic heterocycles. The Balaban J connectivity index is 2.14. The Kier molecular flexibility index (Phi) is 5.61. The van der Waals surface area contributed by atoms with Crippen molar-refractivity contribution in [1.82, 2.24) is 5.32 Å². The third-order valence-electron chi connectivity index (χ3n) is 3.26. The first-order chi connectivity index (χ1) is 9.20. The molecule has 2 rings (SSSR count). The van der Waals surface area contributed by atoms with Gasteiger partial charge < -0.3 is 5.32 Å². The van der Waals surface area contributed by atoms with Gasteiger partial charge in [0.15, 0.2) is 0 Å². The normalized spacial score (nSPS) is 12.6. The van der Waals surface area contributed by atoms with Crippen LogP contribution in [0.4, 0.5) is 0 Å². The third-order valence-corrected chi connectivity index (χ3v) is 4.67. The van der Waals surface area contributed by atoms with Crippen LogP contribution in [0.25, 0.3) is 0 Å². The van der Waals surface area contributed by atoms with Gasteiger partial charge in [-0.3, -0.25) is 0 Å². The van der Waals surface area contributed by atoms with Crippen LogP contribution in [0.5, 0.6) is 0 Å². The summed E-state index contributed by atoms with van der Waals surface area (Å²) in [7, 11) is 0. The smallest absolute Gasteiger partial charge is 0.0371 e. The maximum absolute atomic E-state index is 3.67. The SMILES string of the molecule is CCCNC(Cc1ccc(Br)cc1)c1cscc1C. The van der Waals surface area contributed by atoms with Gasteiger partial charge in [-0.15, -0.1) is 0 Å². The van der Waals surface area contributed by atoms with Gasteiger partial charge in [-0.2, -0.15) is 11.3 Å². The Bertz CT molecular complexity index is 504. The topological polar surface area (TPSA) is 12.0 Å². The predicted octanol–water partition coefficient (Wildman–Crippen LogP) is 5.10. The lowest BCUT2D eigenvalue weighted by atomic mass is 9.98. The molecule has 0 amide bonds. The average Bonchev–Trinajstić information content (AvgIpc) is 2.83. The van der Waals surface area contributed by atoms with Gasteiger partial charge in [0, 0.05) is 10.5 Å². The van der Waals surface area contributed by atoms with Crippen LogP contribution in [0.15, 0.2) is 39.5 Å². The van der Waals surface area contributed by atoms with Gasteiger partial charge in [0.1, 0.15) is 0 Å². The fourth-order valence-corrected chi connectivity index (χ4v) is 3.36. The molecule has 2 aromatic rings. The predicted molar refractivity (Wildman–Crippen MR) is 87.9 cm³/mol. The molecule has 0 saturated heterocycles. The molecular formula is C16H20BrNS. The highest BCUT2D eigenvalue weighted by Crippen LogP contribution is 2.25. The molecule has 0 spiro atoms. The van der Waals surface area contributed by atoms with Gasteiger partial charge in [0.25, 0.3) is 0 Å². The lowest BCUT2D eigenvalue weighted by Gasteiger charge is -2.19. The molecule has 0 bridgehead atoms. The van der Waals surface area contributed by atoms with E-state index in [2.05, 4.69) is 70.1 Å². The maximum Gasteiger partial charge on any atom is 0.0371 e. The van der Waals surface area contributed by atoms with Crippen molar-refractivity contribution in [2.45, 2.75) is 32.7 Å². The van der Waals surface area contributed by atoms with E-state index in [0.29, 0.717) is 6.04 Å². The summed E-state index contributed by atoms with van der Waals surface area (Å²) in [5.41, 5.74) is 4.22. The number of nitrogens with one attached hydrogen (secondary N) is 1. The van der Waals surface area contributed by atoms with E-state index in [9.17, 15) is 0 Å². The minimum absolute atomic E-state index is 0.423. The van der Waals surface area contributed by atoms with Crippen LogP contribution in [0.3, 0.4) is 0 Å². The number of thiophene rings is 1. The second-order valence-corrected chi connectivity index (χ2v) is 6.51. The molecule has 0 aliphatic carbocycles. The van der Waals surface area contributed by atoms with Crippen LogP contribution in [-0.4, -0.2) is 6.54 Å². The van der Waals surface area contributed by atoms with Gasteiger partial charge in [0.05, 0.1) is 0 Å². The zero-order valence-corrected chi connectivity index (χ0v) is 13.9. The molecule has 0 aliphatic heterocycles. The second kappa shape index (κ2) is 7.22. The fourth-order valence-electron chi connectivity index (χ4n) is 2.19. The molecule has 1 heterocycles. The number of benzene rings is 1. The zero-order chi connectivity index (χ0) is 13.7. The highest BCUT2D eigenvalue weighted by Gasteiger charge is 2.14. The average molecular weight is 338 g/mol. The van der Waals surface area contributed by atoms with Crippen molar-refractivity contribution in [1.29, 1.82) is 0 Å². The number of halogens is 1. The molecule has 0 radical (unpaired) electrons. The van der Waals surface area contributed by atoms with Crippen molar-refractivity contribution < 1.29 is 0 Å². The van der Waals surface area contributed by atoms with Gasteiger partial charge in [-0.05, 0) is 65.9 Å². The Morgan fingerprint density at radius 3 is 2.53 bits per heavy atom. The number of hydrogen-bond acceptors (Lipinski definition) is 2. The summed E-state index contributed by atoms with van der Waals surface area (Å²) >= 11 is 5.28. The van der Waals surface area contributed by atoms with E-state index in [1.54, 1.807) is 11.3 Å². The summed E-state index contributed by atoms with van der Waals surface area (Å²) in [4.78, 5) is 0. The molecular weight excluding hydrogens is 318 g/mol. The highest BCUT2D eigenvalue weighted by molar-refractivity contribution is 9.10. The molecule has 0 aliphatic rings. The first-order valence-corrected chi connectivity index (χ1v) is 8.44. The number of rotatable bonds is 6. The van der Waals surface area contributed by atoms with Crippen molar-refractivity contribution in [2.24, 2.45) is 0 Å². The minimum atomic E-state index is 0.423. The van der Waals surface area contributed by atoms with Crippen LogP contribution < -0.4 is 5.32 Å². The zero-order valence-electron chi connectivity index (χ0n) is 11.4. The van der Waals surface area contributed by atoms with Crippen LogP contribution >= 0.6 is 27.3 Å². The molecule has 102 valence electrons. The summed E-state index contributed by atoms with van der Waals surface area (Å²) in [6, 6.07) is 9.06. The van der Waals surface area contributed by atoms with Gasteiger partial charge in [-0.25, -0.2) is 0 Å². The maximum atomic E-state index is 3.67. The van der Waals surface area contributed by atoms with E-state index >= 15 is 0 Å². The summed E-state index contributed by atoms with van der Waals surface area (Å²) < 4.78 is 1.14. The summed E-state index contributed by atoms with van der Waals surface area (Å²) in [5, 5.41) is 8.18. The monoisotopic (exact) mass is 337 g/mol. The fraction of sp³-hybridized carbons (Fsp3) is 0.375. The largest absolute Gasteiger partial charge is 0.310 e. The Labute approximate surface area is 128 Å². The van der Waals surface area contributed by atoms with E-state index in [-0.39, 0.29) is 0 Å². The minimum Gasteiger partial charge on any atom is -0.310 e. The molecule has 1 nitrogen and oxygen atoms in total. The Morgan fingerprint density at radius 1 is 1.21 bits per heavy atom. The van der Waals surface area contributed by atoms with Gasteiger partial charge in [-0.1, -0.05) is 35.0 Å². The van der Waals surface area contributed by atoms with Gasteiger partial charge in [0.2, 0.25) is 0 Å². The first kappa shape index (κ1) is 14.8. The van der Waals surface area contributed by atoms with Crippen LogP contribution in [0.2, 0.25) is 0 Å². The van der Waals surface area contributed by atoms with Crippen molar-refractivity contribution in [3.63, 3.8) is 0 Å². The van der Waals surface area contributed by atoms with Crippen molar-refractivity contribution in [3.8, 4) is 0 Å². The molecule has 1 aromatic carbocycles.